The second-order valence-corrected chi connectivity index (χ2v) is 6.62. The number of urea groups is 1. The zero-order chi connectivity index (χ0) is 20.8. The lowest BCUT2D eigenvalue weighted by Gasteiger charge is -2.37. The van der Waals surface area contributed by atoms with Crippen LogP contribution in [-0.4, -0.2) is 55.4 Å². The van der Waals surface area contributed by atoms with E-state index >= 15 is 0 Å². The zero-order valence-corrected chi connectivity index (χ0v) is 17.0. The Bertz CT molecular complexity index is 864. The molecule has 0 spiro atoms. The van der Waals surface area contributed by atoms with Crippen LogP contribution in [0, 0.1) is 0 Å². The minimum Gasteiger partial charge on any atom is -0.497 e. The van der Waals surface area contributed by atoms with Gasteiger partial charge in [0.25, 0.3) is 0 Å². The van der Waals surface area contributed by atoms with Crippen LogP contribution in [0.15, 0.2) is 36.5 Å². The van der Waals surface area contributed by atoms with Crippen LogP contribution >= 0.6 is 0 Å². The molecule has 1 unspecified atom stereocenters. The second-order valence-electron chi connectivity index (χ2n) is 6.62. The summed E-state index contributed by atoms with van der Waals surface area (Å²) in [5.41, 5.74) is 1.83. The van der Waals surface area contributed by atoms with Crippen molar-refractivity contribution in [2.24, 2.45) is 0 Å². The van der Waals surface area contributed by atoms with Gasteiger partial charge >= 0.3 is 12.0 Å². The van der Waals surface area contributed by atoms with Crippen molar-refractivity contribution < 1.29 is 23.8 Å². The number of benzene rings is 1. The van der Waals surface area contributed by atoms with Gasteiger partial charge in [0.15, 0.2) is 0 Å². The van der Waals surface area contributed by atoms with E-state index < -0.39 is 0 Å². The standard InChI is InChI=1S/C21H27N3O5/c1-4-29-19(25)9-10-22-21(26)24-13-12-23-11-5-6-17(23)20(24)16-14-15(27-2)7-8-18(16)28-3/h5-8,11,14,20H,4,9-10,12-13H2,1-3H3,(H,22,26). The first kappa shape index (κ1) is 20.6. The largest absolute Gasteiger partial charge is 0.497 e. The summed E-state index contributed by atoms with van der Waals surface area (Å²) < 4.78 is 18.0. The van der Waals surface area contributed by atoms with Crippen LogP contribution in [0.2, 0.25) is 0 Å². The van der Waals surface area contributed by atoms with Gasteiger partial charge in [-0.2, -0.15) is 0 Å². The zero-order valence-electron chi connectivity index (χ0n) is 17.0. The van der Waals surface area contributed by atoms with Crippen molar-refractivity contribution in [3.63, 3.8) is 0 Å². The summed E-state index contributed by atoms with van der Waals surface area (Å²) in [6, 6.07) is 8.95. The SMILES string of the molecule is CCOC(=O)CCNC(=O)N1CCn2cccc2C1c1cc(OC)ccc1OC. The number of hydrogen-bond acceptors (Lipinski definition) is 5. The minimum absolute atomic E-state index is 0.136. The third-order valence-electron chi connectivity index (χ3n) is 4.94. The van der Waals surface area contributed by atoms with Gasteiger partial charge < -0.3 is 29.0 Å². The summed E-state index contributed by atoms with van der Waals surface area (Å²) >= 11 is 0. The highest BCUT2D eigenvalue weighted by Crippen LogP contribution is 2.39. The van der Waals surface area contributed by atoms with Gasteiger partial charge in [-0.05, 0) is 37.3 Å². The number of esters is 1. The quantitative estimate of drug-likeness (QED) is 0.721. The Kier molecular flexibility index (Phi) is 6.64. The highest BCUT2D eigenvalue weighted by Gasteiger charge is 2.34. The fourth-order valence-corrected chi connectivity index (χ4v) is 3.59. The molecule has 2 aromatic rings. The molecular weight excluding hydrogens is 374 g/mol. The number of hydrogen-bond donors (Lipinski definition) is 1. The van der Waals surface area contributed by atoms with Crippen LogP contribution in [0.3, 0.4) is 0 Å². The molecule has 0 aliphatic carbocycles. The van der Waals surface area contributed by atoms with E-state index in [0.717, 1.165) is 11.3 Å². The van der Waals surface area contributed by atoms with Gasteiger partial charge in [-0.15, -0.1) is 0 Å². The van der Waals surface area contributed by atoms with E-state index in [-0.39, 0.29) is 31.0 Å². The summed E-state index contributed by atoms with van der Waals surface area (Å²) in [5, 5.41) is 2.84. The van der Waals surface area contributed by atoms with E-state index in [1.165, 1.54) is 0 Å². The smallest absolute Gasteiger partial charge is 0.318 e. The van der Waals surface area contributed by atoms with Crippen molar-refractivity contribution in [3.05, 3.63) is 47.8 Å². The molecule has 0 saturated carbocycles. The van der Waals surface area contributed by atoms with Gasteiger partial charge in [0, 0.05) is 37.1 Å². The molecule has 3 rings (SSSR count). The molecule has 29 heavy (non-hydrogen) atoms. The Balaban J connectivity index is 1.87. The lowest BCUT2D eigenvalue weighted by Crippen LogP contribution is -2.47. The minimum atomic E-state index is -0.341. The molecule has 1 aliphatic heterocycles. The highest BCUT2D eigenvalue weighted by atomic mass is 16.5. The first-order valence-corrected chi connectivity index (χ1v) is 9.66. The number of carbonyl (C=O) groups is 2. The van der Waals surface area contributed by atoms with Crippen molar-refractivity contribution >= 4 is 12.0 Å². The molecule has 1 N–H and O–H groups in total. The van der Waals surface area contributed by atoms with Gasteiger partial charge in [-0.1, -0.05) is 0 Å². The number of amides is 2. The number of rotatable bonds is 7. The molecule has 1 atom stereocenters. The number of ether oxygens (including phenoxy) is 3. The van der Waals surface area contributed by atoms with Crippen molar-refractivity contribution in [1.29, 1.82) is 0 Å². The lowest BCUT2D eigenvalue weighted by molar-refractivity contribution is -0.142. The van der Waals surface area contributed by atoms with Crippen LogP contribution in [0.1, 0.15) is 30.6 Å². The van der Waals surface area contributed by atoms with Gasteiger partial charge in [0.2, 0.25) is 0 Å². The Morgan fingerprint density at radius 3 is 2.72 bits per heavy atom. The molecule has 1 aliphatic rings. The van der Waals surface area contributed by atoms with Crippen LogP contribution in [0.4, 0.5) is 4.79 Å². The lowest BCUT2D eigenvalue weighted by atomic mass is 9.98. The van der Waals surface area contributed by atoms with Gasteiger partial charge in [-0.25, -0.2) is 4.79 Å². The van der Waals surface area contributed by atoms with Gasteiger partial charge in [0.1, 0.15) is 17.5 Å². The van der Waals surface area contributed by atoms with Crippen LogP contribution in [-0.2, 0) is 16.1 Å². The van der Waals surface area contributed by atoms with E-state index in [1.54, 1.807) is 26.0 Å². The fourth-order valence-electron chi connectivity index (χ4n) is 3.59. The van der Waals surface area contributed by atoms with E-state index in [2.05, 4.69) is 9.88 Å². The highest BCUT2D eigenvalue weighted by molar-refractivity contribution is 5.77. The Morgan fingerprint density at radius 1 is 1.17 bits per heavy atom. The maximum absolute atomic E-state index is 13.0. The van der Waals surface area contributed by atoms with E-state index in [0.29, 0.717) is 31.2 Å². The third-order valence-corrected chi connectivity index (χ3v) is 4.94. The predicted octanol–water partition coefficient (Wildman–Crippen LogP) is 2.57. The van der Waals surface area contributed by atoms with Crippen molar-refractivity contribution in [1.82, 2.24) is 14.8 Å². The topological polar surface area (TPSA) is 82.0 Å². The summed E-state index contributed by atoms with van der Waals surface area (Å²) in [6.07, 6.45) is 2.14. The summed E-state index contributed by atoms with van der Waals surface area (Å²) in [4.78, 5) is 26.3. The maximum Gasteiger partial charge on any atom is 0.318 e. The van der Waals surface area contributed by atoms with E-state index in [9.17, 15) is 9.59 Å². The number of fused-ring (bicyclic) bond motifs is 1. The molecule has 156 valence electrons. The number of methoxy groups -OCH3 is 2. The number of nitrogens with one attached hydrogen (secondary N) is 1. The van der Waals surface area contributed by atoms with Gasteiger partial charge in [0.05, 0.1) is 27.2 Å². The number of nitrogens with zero attached hydrogens (tertiary/aromatic N) is 2. The summed E-state index contributed by atoms with van der Waals surface area (Å²) in [7, 11) is 3.21. The average Bonchev–Trinajstić information content (AvgIpc) is 3.21. The molecule has 0 saturated heterocycles. The molecule has 8 heteroatoms. The molecule has 2 heterocycles. The van der Waals surface area contributed by atoms with Crippen molar-refractivity contribution in [2.75, 3.05) is 33.9 Å². The number of carbonyl (C=O) groups excluding carboxylic acids is 2. The average molecular weight is 401 g/mol. The predicted molar refractivity (Wildman–Crippen MR) is 107 cm³/mol. The molecule has 1 aromatic heterocycles. The molecule has 1 aromatic carbocycles. The molecule has 0 fully saturated rings. The first-order chi connectivity index (χ1) is 14.1. The molecule has 8 nitrogen and oxygen atoms in total. The van der Waals surface area contributed by atoms with Crippen molar-refractivity contribution in [2.45, 2.75) is 25.9 Å². The third kappa shape index (κ3) is 4.47. The maximum atomic E-state index is 13.0. The van der Waals surface area contributed by atoms with Crippen LogP contribution in [0.25, 0.3) is 0 Å². The molecular formula is C21H27N3O5. The first-order valence-electron chi connectivity index (χ1n) is 9.66. The van der Waals surface area contributed by atoms with Crippen LogP contribution in [0.5, 0.6) is 11.5 Å². The van der Waals surface area contributed by atoms with Crippen molar-refractivity contribution in [3.8, 4) is 11.5 Å². The summed E-state index contributed by atoms with van der Waals surface area (Å²) in [6.45, 7) is 3.52. The molecule has 0 bridgehead atoms. The molecule has 0 radical (unpaired) electrons. The van der Waals surface area contributed by atoms with E-state index in [1.807, 2.05) is 36.5 Å². The normalized spacial score (nSPS) is 15.4. The Hall–Kier alpha value is -3.16. The van der Waals surface area contributed by atoms with Gasteiger partial charge in [-0.3, -0.25) is 4.79 Å². The molecule has 2 amide bonds. The fraction of sp³-hybridized carbons (Fsp3) is 0.429. The Labute approximate surface area is 170 Å². The monoisotopic (exact) mass is 401 g/mol. The Morgan fingerprint density at radius 2 is 2.00 bits per heavy atom. The van der Waals surface area contributed by atoms with E-state index in [4.69, 9.17) is 14.2 Å². The number of aromatic nitrogens is 1. The second kappa shape index (κ2) is 9.36. The summed E-state index contributed by atoms with van der Waals surface area (Å²) in [5.74, 6) is 1.04. The van der Waals surface area contributed by atoms with Crippen LogP contribution < -0.4 is 14.8 Å².